The molecule has 0 saturated carbocycles. The van der Waals surface area contributed by atoms with E-state index in [9.17, 15) is 14.4 Å². The van der Waals surface area contributed by atoms with Crippen molar-refractivity contribution in [2.45, 2.75) is 19.9 Å². The highest BCUT2D eigenvalue weighted by atomic mass is 32.1. The van der Waals surface area contributed by atoms with E-state index in [0.29, 0.717) is 17.9 Å². The van der Waals surface area contributed by atoms with Crippen LogP contribution in [-0.4, -0.2) is 47.3 Å². The van der Waals surface area contributed by atoms with E-state index in [0.717, 1.165) is 33.6 Å². The molecule has 1 unspecified atom stereocenters. The van der Waals surface area contributed by atoms with Crippen LogP contribution in [0.1, 0.15) is 42.9 Å². The Hall–Kier alpha value is -4.35. The van der Waals surface area contributed by atoms with Gasteiger partial charge in [-0.05, 0) is 72.4 Å². The van der Waals surface area contributed by atoms with Crippen molar-refractivity contribution in [3.63, 3.8) is 0 Å². The number of nitrogens with zero attached hydrogens (tertiary/aromatic N) is 3. The molecule has 38 heavy (non-hydrogen) atoms. The number of carbonyl (C=O) groups is 3. The summed E-state index contributed by atoms with van der Waals surface area (Å²) < 4.78 is 9.09. The zero-order valence-corrected chi connectivity index (χ0v) is 22.0. The van der Waals surface area contributed by atoms with Gasteiger partial charge in [-0.15, -0.1) is 0 Å². The molecule has 0 bridgehead atoms. The molecule has 2 aromatic carbocycles. The van der Waals surface area contributed by atoms with Gasteiger partial charge < -0.3 is 21.5 Å². The van der Waals surface area contributed by atoms with Crippen molar-refractivity contribution in [2.24, 2.45) is 5.73 Å². The Kier molecular flexibility index (Phi) is 7.99. The summed E-state index contributed by atoms with van der Waals surface area (Å²) in [5, 5.41) is 3.67. The standard InChI is InChI=1S/C27H28N6O4S/c1-15-11-16(2)13-19(12-15)33(27(36)24-21(28)22(25(29)34)32-38-24)23(26(35)31-9-10-37-3)18-6-7-20-17(14-18)5-4-8-30-20/h4-8,11-14,23H,9-10,28H2,1-3H3,(H2,29,34)(H,31,35). The minimum atomic E-state index is -1.09. The second-order valence-electron chi connectivity index (χ2n) is 8.80. The van der Waals surface area contributed by atoms with Crippen LogP contribution in [0.5, 0.6) is 0 Å². The summed E-state index contributed by atoms with van der Waals surface area (Å²) in [4.78, 5) is 45.5. The molecule has 0 saturated heterocycles. The number of aryl methyl sites for hydroxylation is 2. The summed E-state index contributed by atoms with van der Waals surface area (Å²) in [6.45, 7) is 4.34. The largest absolute Gasteiger partial charge is 0.395 e. The van der Waals surface area contributed by atoms with E-state index >= 15 is 0 Å². The Morgan fingerprint density at radius 3 is 2.50 bits per heavy atom. The molecule has 2 aromatic heterocycles. The van der Waals surface area contributed by atoms with E-state index in [4.69, 9.17) is 16.2 Å². The van der Waals surface area contributed by atoms with Gasteiger partial charge in [0, 0.05) is 30.9 Å². The summed E-state index contributed by atoms with van der Waals surface area (Å²) in [6, 6.07) is 13.6. The van der Waals surface area contributed by atoms with E-state index in [2.05, 4.69) is 14.7 Å². The van der Waals surface area contributed by atoms with Crippen molar-refractivity contribution in [1.82, 2.24) is 14.7 Å². The van der Waals surface area contributed by atoms with Crippen molar-refractivity contribution in [3.05, 3.63) is 82.0 Å². The number of fused-ring (bicyclic) bond motifs is 1. The summed E-state index contributed by atoms with van der Waals surface area (Å²) in [7, 11) is 1.54. The maximum Gasteiger partial charge on any atom is 0.273 e. The molecule has 0 aliphatic carbocycles. The summed E-state index contributed by atoms with van der Waals surface area (Å²) in [6.07, 6.45) is 1.69. The number of aromatic nitrogens is 2. The molecule has 11 heteroatoms. The van der Waals surface area contributed by atoms with Crippen molar-refractivity contribution in [2.75, 3.05) is 30.9 Å². The quantitative estimate of drug-likeness (QED) is 0.280. The molecule has 0 spiro atoms. The van der Waals surface area contributed by atoms with E-state index in [1.165, 1.54) is 12.0 Å². The van der Waals surface area contributed by atoms with Gasteiger partial charge in [0.05, 0.1) is 17.8 Å². The van der Waals surface area contributed by atoms with Gasteiger partial charge in [0.1, 0.15) is 10.9 Å². The van der Waals surface area contributed by atoms with Gasteiger partial charge in [0.25, 0.3) is 11.8 Å². The van der Waals surface area contributed by atoms with E-state index in [-0.39, 0.29) is 22.8 Å². The number of amides is 3. The zero-order chi connectivity index (χ0) is 27.4. The zero-order valence-electron chi connectivity index (χ0n) is 21.2. The Bertz CT molecular complexity index is 1500. The van der Waals surface area contributed by atoms with Gasteiger partial charge in [-0.3, -0.25) is 24.3 Å². The lowest BCUT2D eigenvalue weighted by atomic mass is 9.99. The third-order valence-electron chi connectivity index (χ3n) is 5.91. The minimum absolute atomic E-state index is 0.00936. The number of methoxy groups -OCH3 is 1. The number of nitrogens with one attached hydrogen (secondary N) is 1. The molecular formula is C27H28N6O4S. The fraction of sp³-hybridized carbons (Fsp3) is 0.222. The third-order valence-corrected chi connectivity index (χ3v) is 6.76. The van der Waals surface area contributed by atoms with E-state index < -0.39 is 23.8 Å². The second-order valence-corrected chi connectivity index (χ2v) is 9.57. The molecule has 0 fully saturated rings. The van der Waals surface area contributed by atoms with Crippen LogP contribution in [0.3, 0.4) is 0 Å². The number of nitrogen functional groups attached to an aromatic ring is 1. The smallest absolute Gasteiger partial charge is 0.273 e. The van der Waals surface area contributed by atoms with Gasteiger partial charge >= 0.3 is 0 Å². The maximum absolute atomic E-state index is 14.2. The molecule has 0 radical (unpaired) electrons. The number of benzene rings is 2. The SMILES string of the molecule is COCCNC(=O)C(c1ccc2ncccc2c1)N(C(=O)c1snc(C(N)=O)c1N)c1cc(C)cc(C)c1. The number of carbonyl (C=O) groups excluding carboxylic acids is 3. The lowest BCUT2D eigenvalue weighted by Gasteiger charge is -2.32. The number of nitrogens with two attached hydrogens (primary N) is 2. The number of anilines is 2. The van der Waals surface area contributed by atoms with Crippen LogP contribution in [0.2, 0.25) is 0 Å². The Balaban J connectivity index is 1.93. The highest BCUT2D eigenvalue weighted by Gasteiger charge is 2.36. The topological polar surface area (TPSA) is 154 Å². The molecule has 4 rings (SSSR count). The Morgan fingerprint density at radius 2 is 1.84 bits per heavy atom. The predicted molar refractivity (Wildman–Crippen MR) is 147 cm³/mol. The fourth-order valence-electron chi connectivity index (χ4n) is 4.27. The summed E-state index contributed by atoms with van der Waals surface area (Å²) in [5.41, 5.74) is 14.8. The first kappa shape index (κ1) is 26.7. The van der Waals surface area contributed by atoms with Gasteiger partial charge in [0.15, 0.2) is 5.69 Å². The van der Waals surface area contributed by atoms with E-state index in [1.807, 2.05) is 44.2 Å². The summed E-state index contributed by atoms with van der Waals surface area (Å²) in [5.74, 6) is -1.85. The number of rotatable bonds is 9. The van der Waals surface area contributed by atoms with Crippen LogP contribution < -0.4 is 21.7 Å². The second kappa shape index (κ2) is 11.4. The fourth-order valence-corrected chi connectivity index (χ4v) is 5.01. The number of primary amides is 1. The molecular weight excluding hydrogens is 504 g/mol. The maximum atomic E-state index is 14.2. The van der Waals surface area contributed by atoms with Crippen LogP contribution in [0.25, 0.3) is 10.9 Å². The van der Waals surface area contributed by atoms with Crippen molar-refractivity contribution in [3.8, 4) is 0 Å². The van der Waals surface area contributed by atoms with Crippen LogP contribution in [0.4, 0.5) is 11.4 Å². The van der Waals surface area contributed by atoms with E-state index in [1.54, 1.807) is 24.4 Å². The van der Waals surface area contributed by atoms with Gasteiger partial charge in [-0.25, -0.2) is 0 Å². The first-order valence-corrected chi connectivity index (χ1v) is 12.6. The van der Waals surface area contributed by atoms with Crippen LogP contribution in [0, 0.1) is 13.8 Å². The highest BCUT2D eigenvalue weighted by molar-refractivity contribution is 7.09. The molecule has 0 aliphatic rings. The molecule has 0 aliphatic heterocycles. The lowest BCUT2D eigenvalue weighted by Crippen LogP contribution is -2.44. The number of hydrogen-bond donors (Lipinski definition) is 3. The van der Waals surface area contributed by atoms with Crippen molar-refractivity contribution >= 4 is 51.5 Å². The summed E-state index contributed by atoms with van der Waals surface area (Å²) >= 11 is 0.764. The molecule has 1 atom stereocenters. The number of hydrogen-bond acceptors (Lipinski definition) is 8. The Labute approximate surface area is 223 Å². The van der Waals surface area contributed by atoms with Crippen LogP contribution >= 0.6 is 11.5 Å². The number of ether oxygens (including phenoxy) is 1. The van der Waals surface area contributed by atoms with Gasteiger partial charge in [0.2, 0.25) is 5.91 Å². The normalized spacial score (nSPS) is 11.8. The van der Waals surface area contributed by atoms with Crippen LogP contribution in [0.15, 0.2) is 54.7 Å². The first-order chi connectivity index (χ1) is 18.2. The predicted octanol–water partition coefficient (Wildman–Crippen LogP) is 3.14. The molecule has 3 amide bonds. The average Bonchev–Trinajstić information content (AvgIpc) is 3.27. The average molecular weight is 533 g/mol. The third kappa shape index (κ3) is 5.48. The molecule has 4 aromatic rings. The van der Waals surface area contributed by atoms with Gasteiger partial charge in [-0.2, -0.15) is 4.37 Å². The minimum Gasteiger partial charge on any atom is -0.395 e. The molecule has 10 nitrogen and oxygen atoms in total. The number of pyridine rings is 1. The highest BCUT2D eigenvalue weighted by Crippen LogP contribution is 2.35. The molecule has 2 heterocycles. The molecule has 5 N–H and O–H groups in total. The monoisotopic (exact) mass is 532 g/mol. The van der Waals surface area contributed by atoms with Gasteiger partial charge in [-0.1, -0.05) is 18.2 Å². The lowest BCUT2D eigenvalue weighted by molar-refractivity contribution is -0.122. The Morgan fingerprint density at radius 1 is 1.11 bits per heavy atom. The molecule has 196 valence electrons. The van der Waals surface area contributed by atoms with Crippen LogP contribution in [-0.2, 0) is 9.53 Å². The van der Waals surface area contributed by atoms with Crippen molar-refractivity contribution in [1.29, 1.82) is 0 Å². The first-order valence-electron chi connectivity index (χ1n) is 11.8. The van der Waals surface area contributed by atoms with Crippen molar-refractivity contribution < 1.29 is 19.1 Å².